The summed E-state index contributed by atoms with van der Waals surface area (Å²) in [4.78, 5) is 17.4. The molecule has 2 aliphatic rings. The average Bonchev–Trinajstić information content (AvgIpc) is 3.42. The normalized spacial score (nSPS) is 19.8. The van der Waals surface area contributed by atoms with Gasteiger partial charge in [-0.1, -0.05) is 38.1 Å². The summed E-state index contributed by atoms with van der Waals surface area (Å²) in [5.41, 5.74) is 4.22. The minimum atomic E-state index is -4.21. The van der Waals surface area contributed by atoms with Gasteiger partial charge in [-0.3, -0.25) is 9.48 Å². The summed E-state index contributed by atoms with van der Waals surface area (Å²) in [7, 11) is 0. The summed E-state index contributed by atoms with van der Waals surface area (Å²) < 4.78 is 42.8. The van der Waals surface area contributed by atoms with Gasteiger partial charge in [-0.2, -0.15) is 23.4 Å². The molecule has 186 valence electrons. The van der Waals surface area contributed by atoms with Crippen molar-refractivity contribution in [2.45, 2.75) is 71.8 Å². The van der Waals surface area contributed by atoms with Crippen LogP contribution >= 0.6 is 0 Å². The van der Waals surface area contributed by atoms with Crippen molar-refractivity contribution in [3.05, 3.63) is 52.6 Å². The van der Waals surface area contributed by atoms with Crippen molar-refractivity contribution in [3.8, 4) is 11.4 Å². The fraction of sp³-hybridized carbons (Fsp3) is 0.520. The first-order valence-corrected chi connectivity index (χ1v) is 12.2. The van der Waals surface area contributed by atoms with Crippen molar-refractivity contribution in [1.29, 1.82) is 0 Å². The van der Waals surface area contributed by atoms with Crippen LogP contribution in [0.4, 0.5) is 13.2 Å². The van der Waals surface area contributed by atoms with Gasteiger partial charge in [-0.25, -0.2) is 9.67 Å². The van der Waals surface area contributed by atoms with Gasteiger partial charge in [-0.05, 0) is 37.2 Å². The number of hydrogen-bond acceptors (Lipinski definition) is 4. The SMILES string of the molecule is CCc1nn2c(c1C(=O)NCc1ccc(-c3nc4n(n3)CC[C@@H](C(F)(F)F)C4)cc1)C[C@@H](C)CC2. The number of rotatable bonds is 5. The summed E-state index contributed by atoms with van der Waals surface area (Å²) >= 11 is 0. The summed E-state index contributed by atoms with van der Waals surface area (Å²) in [6, 6.07) is 7.44. The second kappa shape index (κ2) is 9.13. The molecule has 0 aliphatic carbocycles. The average molecular weight is 487 g/mol. The highest BCUT2D eigenvalue weighted by atomic mass is 19.4. The Labute approximate surface area is 201 Å². The maximum absolute atomic E-state index is 13.1. The van der Waals surface area contributed by atoms with Crippen molar-refractivity contribution in [1.82, 2.24) is 29.9 Å². The highest BCUT2D eigenvalue weighted by molar-refractivity contribution is 5.96. The Morgan fingerprint density at radius 1 is 1.09 bits per heavy atom. The lowest BCUT2D eigenvalue weighted by molar-refractivity contribution is -0.179. The Balaban J connectivity index is 1.26. The fourth-order valence-corrected chi connectivity index (χ4v) is 4.98. The highest BCUT2D eigenvalue weighted by Crippen LogP contribution is 2.35. The van der Waals surface area contributed by atoms with E-state index in [1.807, 2.05) is 35.9 Å². The number of aromatic nitrogens is 5. The van der Waals surface area contributed by atoms with E-state index in [9.17, 15) is 18.0 Å². The molecule has 4 heterocycles. The fourth-order valence-electron chi connectivity index (χ4n) is 4.98. The van der Waals surface area contributed by atoms with Crippen LogP contribution in [0.1, 0.15) is 59.8 Å². The third-order valence-corrected chi connectivity index (χ3v) is 7.06. The number of benzene rings is 1. The van der Waals surface area contributed by atoms with E-state index < -0.39 is 12.1 Å². The van der Waals surface area contributed by atoms with Gasteiger partial charge in [0.1, 0.15) is 5.82 Å². The molecule has 1 aromatic carbocycles. The van der Waals surface area contributed by atoms with Crippen LogP contribution in [0, 0.1) is 11.8 Å². The lowest BCUT2D eigenvalue weighted by Gasteiger charge is -2.24. The number of fused-ring (bicyclic) bond motifs is 2. The number of halogens is 3. The van der Waals surface area contributed by atoms with Crippen LogP contribution in [0.15, 0.2) is 24.3 Å². The van der Waals surface area contributed by atoms with Crippen molar-refractivity contribution in [2.75, 3.05) is 0 Å². The Hall–Kier alpha value is -3.17. The van der Waals surface area contributed by atoms with Gasteiger partial charge in [0.15, 0.2) is 5.82 Å². The first-order chi connectivity index (χ1) is 16.7. The number of amides is 1. The van der Waals surface area contributed by atoms with Crippen LogP contribution in [0.5, 0.6) is 0 Å². The summed E-state index contributed by atoms with van der Waals surface area (Å²) in [6.07, 6.45) is -1.69. The van der Waals surface area contributed by atoms with E-state index >= 15 is 0 Å². The number of alkyl halides is 3. The summed E-state index contributed by atoms with van der Waals surface area (Å²) in [5.74, 6) is -0.147. The smallest absolute Gasteiger partial charge is 0.348 e. The zero-order chi connectivity index (χ0) is 24.7. The molecular formula is C25H29F3N6O. The molecule has 0 saturated heterocycles. The zero-order valence-electron chi connectivity index (χ0n) is 19.9. The van der Waals surface area contributed by atoms with Crippen molar-refractivity contribution in [3.63, 3.8) is 0 Å². The standard InChI is InChI=1S/C25H29F3N6O/c1-3-19-22(20-12-15(2)8-10-33(20)31-19)24(35)29-14-16-4-6-17(7-5-16)23-30-21-13-18(25(26,27)28)9-11-34(21)32-23/h4-7,15,18H,3,8-14H2,1-2H3,(H,29,35)/t15-,18+/m0/s1. The molecule has 0 fully saturated rings. The largest absolute Gasteiger partial charge is 0.392 e. The quantitative estimate of drug-likeness (QED) is 0.582. The molecule has 1 N–H and O–H groups in total. The minimum Gasteiger partial charge on any atom is -0.348 e. The number of carbonyl (C=O) groups excluding carboxylic acids is 1. The van der Waals surface area contributed by atoms with E-state index in [1.54, 1.807) is 4.68 Å². The monoisotopic (exact) mass is 486 g/mol. The molecule has 35 heavy (non-hydrogen) atoms. The van der Waals surface area contributed by atoms with Crippen LogP contribution in [0.25, 0.3) is 11.4 Å². The van der Waals surface area contributed by atoms with Crippen LogP contribution < -0.4 is 5.32 Å². The van der Waals surface area contributed by atoms with Gasteiger partial charge >= 0.3 is 6.18 Å². The molecule has 1 amide bonds. The molecule has 5 rings (SSSR count). The van der Waals surface area contributed by atoms with Crippen LogP contribution in [0.3, 0.4) is 0 Å². The lowest BCUT2D eigenvalue weighted by atomic mass is 9.95. The first kappa shape index (κ1) is 23.6. The summed E-state index contributed by atoms with van der Waals surface area (Å²) in [6.45, 7) is 5.64. The number of nitrogens with one attached hydrogen (secondary N) is 1. The van der Waals surface area contributed by atoms with Gasteiger partial charge < -0.3 is 5.32 Å². The lowest BCUT2D eigenvalue weighted by Crippen LogP contribution is -2.31. The zero-order valence-corrected chi connectivity index (χ0v) is 19.9. The number of carbonyl (C=O) groups is 1. The molecule has 10 heteroatoms. The maximum Gasteiger partial charge on any atom is 0.392 e. The molecule has 2 aromatic heterocycles. The van der Waals surface area contributed by atoms with Gasteiger partial charge in [0.2, 0.25) is 0 Å². The Morgan fingerprint density at radius 2 is 1.83 bits per heavy atom. The van der Waals surface area contributed by atoms with E-state index in [4.69, 9.17) is 0 Å². The number of aryl methyl sites for hydroxylation is 3. The van der Waals surface area contributed by atoms with Gasteiger partial charge in [0, 0.05) is 31.6 Å². The van der Waals surface area contributed by atoms with Gasteiger partial charge in [0.25, 0.3) is 5.91 Å². The molecule has 3 aromatic rings. The second-order valence-electron chi connectivity index (χ2n) is 9.63. The van der Waals surface area contributed by atoms with Gasteiger partial charge in [-0.15, -0.1) is 0 Å². The predicted molar refractivity (Wildman–Crippen MR) is 124 cm³/mol. The first-order valence-electron chi connectivity index (χ1n) is 12.2. The molecule has 0 spiro atoms. The summed E-state index contributed by atoms with van der Waals surface area (Å²) in [5, 5.41) is 12.1. The van der Waals surface area contributed by atoms with Crippen LogP contribution in [-0.2, 0) is 38.9 Å². The molecule has 0 bridgehead atoms. The molecule has 0 radical (unpaired) electrons. The van der Waals surface area contributed by atoms with Crippen LogP contribution in [0.2, 0.25) is 0 Å². The van der Waals surface area contributed by atoms with Crippen LogP contribution in [-0.4, -0.2) is 36.6 Å². The Morgan fingerprint density at radius 3 is 2.54 bits per heavy atom. The molecule has 7 nitrogen and oxygen atoms in total. The Bertz CT molecular complexity index is 1230. The van der Waals surface area contributed by atoms with E-state index in [0.29, 0.717) is 36.1 Å². The number of hydrogen-bond donors (Lipinski definition) is 1. The predicted octanol–water partition coefficient (Wildman–Crippen LogP) is 4.34. The van der Waals surface area contributed by atoms with Crippen molar-refractivity contribution in [2.24, 2.45) is 11.8 Å². The molecule has 2 atom stereocenters. The second-order valence-corrected chi connectivity index (χ2v) is 9.63. The van der Waals surface area contributed by atoms with Gasteiger partial charge in [0.05, 0.1) is 22.9 Å². The molecule has 0 saturated carbocycles. The maximum atomic E-state index is 13.1. The Kier molecular flexibility index (Phi) is 6.14. The van der Waals surface area contributed by atoms with E-state index in [-0.39, 0.29) is 25.3 Å². The topological polar surface area (TPSA) is 77.6 Å². The highest BCUT2D eigenvalue weighted by Gasteiger charge is 2.42. The van der Waals surface area contributed by atoms with Crippen molar-refractivity contribution >= 4 is 5.91 Å². The molecular weight excluding hydrogens is 457 g/mol. The van der Waals surface area contributed by atoms with E-state index in [1.165, 1.54) is 0 Å². The van der Waals surface area contributed by atoms with Crippen molar-refractivity contribution < 1.29 is 18.0 Å². The number of nitrogens with zero attached hydrogens (tertiary/aromatic N) is 5. The van der Waals surface area contributed by atoms with E-state index in [0.717, 1.165) is 41.9 Å². The minimum absolute atomic E-state index is 0.0250. The van der Waals surface area contributed by atoms with E-state index in [2.05, 4.69) is 27.4 Å². The third kappa shape index (κ3) is 4.70. The third-order valence-electron chi connectivity index (χ3n) is 7.06. The molecule has 0 unspecified atom stereocenters. The molecule has 2 aliphatic heterocycles.